The smallest absolute Gasteiger partial charge is 0.327 e. The van der Waals surface area contributed by atoms with Crippen LogP contribution in [-0.4, -0.2) is 59.7 Å². The minimum Gasteiger partial charge on any atom is -0.369 e. The summed E-state index contributed by atoms with van der Waals surface area (Å²) in [5.74, 6) is 1.12. The van der Waals surface area contributed by atoms with Crippen molar-refractivity contribution in [3.63, 3.8) is 0 Å². The number of hydrogen-bond acceptors (Lipinski definition) is 6. The molecule has 1 saturated heterocycles. The molecule has 0 saturated carbocycles. The molecule has 0 atom stereocenters. The van der Waals surface area contributed by atoms with Crippen LogP contribution >= 0.6 is 0 Å². The Hall–Kier alpha value is -3.65. The van der Waals surface area contributed by atoms with Crippen molar-refractivity contribution in [2.45, 2.75) is 40.2 Å². The molecular weight excluding hydrogens is 450 g/mol. The maximum absolute atomic E-state index is 12.6. The van der Waals surface area contributed by atoms with Crippen molar-refractivity contribution in [3.05, 3.63) is 67.0 Å². The van der Waals surface area contributed by atoms with Crippen LogP contribution in [0.1, 0.15) is 34.6 Å². The number of carbonyl (C=O) groups is 1. The fourth-order valence-corrected chi connectivity index (χ4v) is 3.97. The van der Waals surface area contributed by atoms with Crippen LogP contribution in [0.25, 0.3) is 0 Å². The molecule has 1 aromatic heterocycles. The molecule has 3 aromatic rings. The number of amides is 2. The van der Waals surface area contributed by atoms with Crippen LogP contribution in [0.2, 0.25) is 0 Å². The number of piperazine rings is 1. The molecule has 0 radical (unpaired) electrons. The molecule has 0 aliphatic carbocycles. The molecule has 1 fully saturated rings. The Morgan fingerprint density at radius 1 is 0.889 bits per heavy atom. The van der Waals surface area contributed by atoms with Crippen molar-refractivity contribution in [1.82, 2.24) is 14.9 Å². The number of urea groups is 1. The lowest BCUT2D eigenvalue weighted by Crippen LogP contribution is -2.53. The third kappa shape index (κ3) is 7.18. The molecular formula is C28H39N7O. The highest BCUT2D eigenvalue weighted by atomic mass is 16.2. The van der Waals surface area contributed by atoms with Crippen molar-refractivity contribution in [3.8, 4) is 0 Å². The van der Waals surface area contributed by atoms with Gasteiger partial charge in [0.2, 0.25) is 0 Å². The zero-order valence-electron chi connectivity index (χ0n) is 22.3. The zero-order valence-corrected chi connectivity index (χ0v) is 22.3. The van der Waals surface area contributed by atoms with E-state index in [1.807, 2.05) is 44.2 Å². The number of anilines is 5. The lowest BCUT2D eigenvalue weighted by Gasteiger charge is -2.43. The molecule has 192 valence electrons. The van der Waals surface area contributed by atoms with Crippen LogP contribution in [0.15, 0.2) is 67.0 Å². The van der Waals surface area contributed by atoms with Crippen molar-refractivity contribution in [1.29, 1.82) is 0 Å². The summed E-state index contributed by atoms with van der Waals surface area (Å²) in [7, 11) is 1.68. The molecule has 2 aromatic carbocycles. The summed E-state index contributed by atoms with van der Waals surface area (Å²) < 4.78 is 0. The molecule has 2 heterocycles. The highest BCUT2D eigenvalue weighted by Gasteiger charge is 2.25. The fourth-order valence-electron chi connectivity index (χ4n) is 3.97. The van der Waals surface area contributed by atoms with Gasteiger partial charge in [0.1, 0.15) is 18.0 Å². The maximum Gasteiger partial charge on any atom is 0.327 e. The second-order valence-corrected chi connectivity index (χ2v) is 9.43. The zero-order chi connectivity index (χ0) is 26.1. The van der Waals surface area contributed by atoms with E-state index in [4.69, 9.17) is 0 Å². The first-order valence-electron chi connectivity index (χ1n) is 12.6. The van der Waals surface area contributed by atoms with Crippen molar-refractivity contribution < 1.29 is 4.79 Å². The average Bonchev–Trinajstić information content (AvgIpc) is 2.90. The standard InChI is InChI=1S/C26H33N7O.C2H6/c1-26(2,3)33-16-14-32(15-17-33)22-12-10-21(11-13-22)29-23-18-24(28-19-27-23)31(4)25(34)30-20-8-6-5-7-9-20;1-2/h5-13,18-19H,14-17H2,1-4H3,(H,30,34)(H,27,28,29);1-2H3. The second kappa shape index (κ2) is 12.4. The van der Waals surface area contributed by atoms with E-state index in [1.54, 1.807) is 13.1 Å². The summed E-state index contributed by atoms with van der Waals surface area (Å²) in [5, 5.41) is 6.16. The first-order valence-corrected chi connectivity index (χ1v) is 12.6. The molecule has 0 bridgehead atoms. The molecule has 8 heteroatoms. The van der Waals surface area contributed by atoms with Crippen molar-refractivity contribution in [2.24, 2.45) is 0 Å². The third-order valence-corrected chi connectivity index (χ3v) is 6.06. The number of aromatic nitrogens is 2. The van der Waals surface area contributed by atoms with Gasteiger partial charge in [-0.3, -0.25) is 9.80 Å². The van der Waals surface area contributed by atoms with Gasteiger partial charge in [-0.25, -0.2) is 14.8 Å². The van der Waals surface area contributed by atoms with E-state index in [9.17, 15) is 4.79 Å². The van der Waals surface area contributed by atoms with Gasteiger partial charge in [0.25, 0.3) is 0 Å². The van der Waals surface area contributed by atoms with Gasteiger partial charge < -0.3 is 15.5 Å². The Bertz CT molecular complexity index is 1090. The van der Waals surface area contributed by atoms with E-state index >= 15 is 0 Å². The highest BCUT2D eigenvalue weighted by molar-refractivity contribution is 6.00. The SMILES string of the molecule is CC.CN(C(=O)Nc1ccccc1)c1cc(Nc2ccc(N3CCN(C(C)(C)C)CC3)cc2)ncn1. The van der Waals surface area contributed by atoms with Crippen LogP contribution in [-0.2, 0) is 0 Å². The van der Waals surface area contributed by atoms with Crippen molar-refractivity contribution in [2.75, 3.05) is 53.7 Å². The molecule has 0 spiro atoms. The Balaban J connectivity index is 0.00000176. The third-order valence-electron chi connectivity index (χ3n) is 6.06. The summed E-state index contributed by atoms with van der Waals surface area (Å²) in [5.41, 5.74) is 3.09. The first kappa shape index (κ1) is 26.9. The molecule has 1 aliphatic rings. The summed E-state index contributed by atoms with van der Waals surface area (Å²) in [6.45, 7) is 15.0. The predicted molar refractivity (Wildman–Crippen MR) is 151 cm³/mol. The topological polar surface area (TPSA) is 76.6 Å². The summed E-state index contributed by atoms with van der Waals surface area (Å²) >= 11 is 0. The lowest BCUT2D eigenvalue weighted by atomic mass is 10.0. The van der Waals surface area contributed by atoms with Gasteiger partial charge in [0.05, 0.1) is 0 Å². The van der Waals surface area contributed by atoms with Gasteiger partial charge in [-0.15, -0.1) is 0 Å². The molecule has 2 amide bonds. The van der Waals surface area contributed by atoms with Crippen LogP contribution in [0, 0.1) is 0 Å². The lowest BCUT2D eigenvalue weighted by molar-refractivity contribution is 0.128. The molecule has 2 N–H and O–H groups in total. The van der Waals surface area contributed by atoms with Gasteiger partial charge in [-0.05, 0) is 57.2 Å². The number of nitrogens with zero attached hydrogens (tertiary/aromatic N) is 5. The van der Waals surface area contributed by atoms with Crippen LogP contribution in [0.4, 0.5) is 33.5 Å². The van der Waals surface area contributed by atoms with Crippen molar-refractivity contribution >= 4 is 34.7 Å². The van der Waals surface area contributed by atoms with E-state index in [0.29, 0.717) is 11.6 Å². The maximum atomic E-state index is 12.6. The van der Waals surface area contributed by atoms with E-state index in [2.05, 4.69) is 75.4 Å². The Morgan fingerprint density at radius 2 is 1.53 bits per heavy atom. The van der Waals surface area contributed by atoms with E-state index in [0.717, 1.165) is 37.6 Å². The predicted octanol–water partition coefficient (Wildman–Crippen LogP) is 5.84. The average molecular weight is 490 g/mol. The Labute approximate surface area is 215 Å². The van der Waals surface area contributed by atoms with Crippen LogP contribution < -0.4 is 20.4 Å². The minimum atomic E-state index is -0.272. The second-order valence-electron chi connectivity index (χ2n) is 9.43. The number of nitrogens with one attached hydrogen (secondary N) is 2. The molecule has 0 unspecified atom stereocenters. The van der Waals surface area contributed by atoms with Gasteiger partial charge in [-0.1, -0.05) is 32.0 Å². The van der Waals surface area contributed by atoms with E-state index in [1.165, 1.54) is 16.9 Å². The first-order chi connectivity index (χ1) is 17.3. The van der Waals surface area contributed by atoms with Crippen LogP contribution in [0.5, 0.6) is 0 Å². The molecule has 8 nitrogen and oxygen atoms in total. The Morgan fingerprint density at radius 3 is 2.14 bits per heavy atom. The molecule has 4 rings (SSSR count). The monoisotopic (exact) mass is 489 g/mol. The highest BCUT2D eigenvalue weighted by Crippen LogP contribution is 2.24. The van der Waals surface area contributed by atoms with Gasteiger partial charge in [0.15, 0.2) is 0 Å². The molecule has 1 aliphatic heterocycles. The number of benzene rings is 2. The van der Waals surface area contributed by atoms with E-state index < -0.39 is 0 Å². The van der Waals surface area contributed by atoms with Crippen LogP contribution in [0.3, 0.4) is 0 Å². The minimum absolute atomic E-state index is 0.215. The summed E-state index contributed by atoms with van der Waals surface area (Å²) in [4.78, 5) is 27.5. The van der Waals surface area contributed by atoms with Gasteiger partial charge in [0, 0.05) is 61.9 Å². The summed E-state index contributed by atoms with van der Waals surface area (Å²) in [6.07, 6.45) is 1.45. The number of para-hydroxylation sites is 1. The Kier molecular flexibility index (Phi) is 9.25. The largest absolute Gasteiger partial charge is 0.369 e. The normalized spacial score (nSPS) is 13.9. The molecule has 36 heavy (non-hydrogen) atoms. The van der Waals surface area contributed by atoms with E-state index in [-0.39, 0.29) is 11.6 Å². The van der Waals surface area contributed by atoms with Gasteiger partial charge in [-0.2, -0.15) is 0 Å². The number of rotatable bonds is 5. The number of hydrogen-bond donors (Lipinski definition) is 2. The fraction of sp³-hybridized carbons (Fsp3) is 0.393. The summed E-state index contributed by atoms with van der Waals surface area (Å²) in [6, 6.07) is 19.2. The van der Waals surface area contributed by atoms with Gasteiger partial charge >= 0.3 is 6.03 Å². The quantitative estimate of drug-likeness (QED) is 0.469. The number of carbonyl (C=O) groups excluding carboxylic acids is 1.